The van der Waals surface area contributed by atoms with Crippen LogP contribution in [0.4, 0.5) is 5.82 Å². The maximum absolute atomic E-state index is 11.8. The molecule has 1 heterocycles. The smallest absolute Gasteiger partial charge is 0.246 e. The van der Waals surface area contributed by atoms with Crippen molar-refractivity contribution in [1.82, 2.24) is 14.5 Å². The summed E-state index contributed by atoms with van der Waals surface area (Å²) in [6, 6.07) is 3.32. The Bertz CT molecular complexity index is 775. The standard InChI is InChI=1S/C11H12Cl2N6O2S3/c1-4-2-5(12)8(6(13)3-4)19-10(14)9(23(15)20)7(17-19)11(22)18-24(16)21/h2-3H,14-16H2,1H3,(H,18,22). The van der Waals surface area contributed by atoms with Crippen molar-refractivity contribution in [3.8, 4) is 5.69 Å². The van der Waals surface area contributed by atoms with E-state index < -0.39 is 22.9 Å². The van der Waals surface area contributed by atoms with Crippen LogP contribution in [0.1, 0.15) is 11.3 Å². The van der Waals surface area contributed by atoms with E-state index in [2.05, 4.69) is 9.82 Å². The third kappa shape index (κ3) is 3.90. The number of thiocarbonyl (C=S) groups is 1. The second kappa shape index (κ2) is 7.64. The molecule has 0 radical (unpaired) electrons. The molecular formula is C11H12Cl2N6O2S3. The lowest BCUT2D eigenvalue weighted by atomic mass is 10.2. The van der Waals surface area contributed by atoms with E-state index in [-0.39, 0.29) is 37.1 Å². The number of aryl methyl sites for hydroxylation is 1. The second-order valence-electron chi connectivity index (χ2n) is 4.58. The highest BCUT2D eigenvalue weighted by Crippen LogP contribution is 2.34. The molecule has 0 amide bonds. The molecule has 0 aliphatic rings. The molecule has 8 nitrogen and oxygen atoms in total. The molecule has 2 unspecified atom stereocenters. The van der Waals surface area contributed by atoms with E-state index in [4.69, 9.17) is 51.4 Å². The van der Waals surface area contributed by atoms with Crippen LogP contribution >= 0.6 is 35.4 Å². The molecule has 1 aromatic carbocycles. The highest BCUT2D eigenvalue weighted by molar-refractivity contribution is 7.90. The van der Waals surface area contributed by atoms with Crippen molar-refractivity contribution in [2.45, 2.75) is 11.8 Å². The molecule has 0 aliphatic carbocycles. The summed E-state index contributed by atoms with van der Waals surface area (Å²) < 4.78 is 26.4. The van der Waals surface area contributed by atoms with Gasteiger partial charge in [0.05, 0.1) is 21.4 Å². The summed E-state index contributed by atoms with van der Waals surface area (Å²) in [7, 11) is 0. The highest BCUT2D eigenvalue weighted by atomic mass is 35.5. The molecular weight excluding hydrogens is 415 g/mol. The van der Waals surface area contributed by atoms with Crippen LogP contribution in [0.3, 0.4) is 0 Å². The predicted molar refractivity (Wildman–Crippen MR) is 100 cm³/mol. The van der Waals surface area contributed by atoms with Crippen molar-refractivity contribution in [2.24, 2.45) is 10.3 Å². The number of rotatable bonds is 4. The normalized spacial score (nSPS) is 13.6. The fraction of sp³-hybridized carbons (Fsp3) is 0.0909. The Labute approximate surface area is 159 Å². The number of nitrogens with zero attached hydrogens (tertiary/aromatic N) is 2. The van der Waals surface area contributed by atoms with Crippen molar-refractivity contribution < 1.29 is 9.11 Å². The van der Waals surface area contributed by atoms with E-state index in [1.165, 1.54) is 4.68 Å². The maximum Gasteiger partial charge on any atom is 0.246 e. The Kier molecular flexibility index (Phi) is 6.23. The number of nitrogens with one attached hydrogen (secondary N) is 1. The minimum absolute atomic E-state index is 0.0326. The molecule has 0 saturated carbocycles. The lowest BCUT2D eigenvalue weighted by molar-refractivity contribution is 0.592. The molecule has 0 bridgehead atoms. The number of anilines is 1. The zero-order chi connectivity index (χ0) is 18.2. The van der Waals surface area contributed by atoms with Crippen molar-refractivity contribution in [3.63, 3.8) is 0 Å². The molecule has 13 heteroatoms. The van der Waals surface area contributed by atoms with Gasteiger partial charge in [-0.3, -0.25) is 0 Å². The Balaban J connectivity index is 2.68. The van der Waals surface area contributed by atoms with Crippen LogP contribution in [0.25, 0.3) is 5.69 Å². The van der Waals surface area contributed by atoms with E-state index in [9.17, 15) is 9.11 Å². The number of nitrogen functional groups attached to an aromatic ring is 1. The van der Waals surface area contributed by atoms with Gasteiger partial charge in [0.25, 0.3) is 0 Å². The monoisotopic (exact) mass is 426 g/mol. The largest absolute Gasteiger partial charge is 0.593 e. The molecule has 130 valence electrons. The highest BCUT2D eigenvalue weighted by Gasteiger charge is 2.31. The van der Waals surface area contributed by atoms with Crippen LogP contribution in [-0.2, 0) is 22.9 Å². The van der Waals surface area contributed by atoms with Crippen molar-refractivity contribution in [1.29, 1.82) is 0 Å². The van der Waals surface area contributed by atoms with Gasteiger partial charge in [-0.25, -0.2) is 4.68 Å². The van der Waals surface area contributed by atoms with E-state index in [0.29, 0.717) is 0 Å². The van der Waals surface area contributed by atoms with Crippen LogP contribution in [0, 0.1) is 6.92 Å². The predicted octanol–water partition coefficient (Wildman–Crippen LogP) is 0.854. The third-order valence-corrected chi connectivity index (χ3v) is 5.07. The fourth-order valence-corrected chi connectivity index (χ4v) is 4.08. The lowest BCUT2D eigenvalue weighted by Crippen LogP contribution is -2.36. The Morgan fingerprint density at radius 1 is 1.29 bits per heavy atom. The van der Waals surface area contributed by atoms with Crippen LogP contribution in [-0.4, -0.2) is 23.9 Å². The van der Waals surface area contributed by atoms with Gasteiger partial charge < -0.3 is 14.8 Å². The van der Waals surface area contributed by atoms with Crippen LogP contribution in [0.15, 0.2) is 17.0 Å². The Hall–Kier alpha value is -0.760. The van der Waals surface area contributed by atoms with Crippen molar-refractivity contribution in [2.75, 3.05) is 5.73 Å². The number of halogens is 2. The summed E-state index contributed by atoms with van der Waals surface area (Å²) in [6.45, 7) is 1.81. The number of aromatic nitrogens is 2. The Morgan fingerprint density at radius 2 is 1.83 bits per heavy atom. The van der Waals surface area contributed by atoms with Gasteiger partial charge in [0, 0.05) is 0 Å². The van der Waals surface area contributed by atoms with Crippen LogP contribution in [0.5, 0.6) is 0 Å². The molecule has 24 heavy (non-hydrogen) atoms. The van der Waals surface area contributed by atoms with Gasteiger partial charge >= 0.3 is 0 Å². The van der Waals surface area contributed by atoms with Gasteiger partial charge in [0.1, 0.15) is 5.69 Å². The molecule has 2 rings (SSSR count). The minimum Gasteiger partial charge on any atom is -0.593 e. The summed E-state index contributed by atoms with van der Waals surface area (Å²) in [6.07, 6.45) is 0. The van der Waals surface area contributed by atoms with E-state index in [1.807, 2.05) is 6.92 Å². The summed E-state index contributed by atoms with van der Waals surface area (Å²) in [5, 5.41) is 15.3. The summed E-state index contributed by atoms with van der Waals surface area (Å²) in [5.74, 6) is -0.0644. The quantitative estimate of drug-likeness (QED) is 0.414. The van der Waals surface area contributed by atoms with Crippen molar-refractivity contribution in [3.05, 3.63) is 33.4 Å². The van der Waals surface area contributed by atoms with E-state index in [1.54, 1.807) is 12.1 Å². The Morgan fingerprint density at radius 3 is 2.29 bits per heavy atom. The molecule has 0 aliphatic heterocycles. The summed E-state index contributed by atoms with van der Waals surface area (Å²) >= 11 is 13.5. The van der Waals surface area contributed by atoms with Crippen LogP contribution in [0.2, 0.25) is 10.0 Å². The first-order valence-corrected chi connectivity index (χ1v) is 9.70. The molecule has 2 aromatic rings. The molecule has 0 saturated heterocycles. The molecule has 2 atom stereocenters. The number of hydrogen-bond donors (Lipinski definition) is 4. The summed E-state index contributed by atoms with van der Waals surface area (Å²) in [4.78, 5) is -0.180. The van der Waals surface area contributed by atoms with Gasteiger partial charge in [0.15, 0.2) is 28.0 Å². The second-order valence-corrected chi connectivity index (χ2v) is 7.60. The first-order valence-electron chi connectivity index (χ1n) is 6.11. The van der Waals surface area contributed by atoms with E-state index >= 15 is 0 Å². The van der Waals surface area contributed by atoms with Gasteiger partial charge in [0.2, 0.25) is 4.90 Å². The summed E-state index contributed by atoms with van der Waals surface area (Å²) in [5.41, 5.74) is 7.07. The topological polar surface area (TPSA) is 154 Å². The molecule has 0 spiro atoms. The fourth-order valence-electron chi connectivity index (χ4n) is 1.97. The van der Waals surface area contributed by atoms with Gasteiger partial charge in [-0.1, -0.05) is 35.4 Å². The van der Waals surface area contributed by atoms with Crippen LogP contribution < -0.4 is 20.7 Å². The molecule has 1 aromatic heterocycles. The number of benzene rings is 1. The zero-order valence-corrected chi connectivity index (χ0v) is 16.0. The average molecular weight is 427 g/mol. The number of nitrogens with two attached hydrogens (primary N) is 3. The van der Waals surface area contributed by atoms with Crippen molar-refractivity contribution >= 4 is 69.1 Å². The lowest BCUT2D eigenvalue weighted by Gasteiger charge is -2.10. The third-order valence-electron chi connectivity index (χ3n) is 2.86. The molecule has 0 fully saturated rings. The zero-order valence-electron chi connectivity index (χ0n) is 12.1. The van der Waals surface area contributed by atoms with Gasteiger partial charge in [-0.15, -0.1) is 10.3 Å². The minimum atomic E-state index is -2.02. The number of hydrogen-bond acceptors (Lipinski definition) is 7. The first-order chi connectivity index (χ1) is 11.1. The maximum atomic E-state index is 11.8. The van der Waals surface area contributed by atoms with E-state index in [0.717, 1.165) is 5.56 Å². The average Bonchev–Trinajstić information content (AvgIpc) is 2.75. The van der Waals surface area contributed by atoms with Gasteiger partial charge in [-0.05, 0) is 24.6 Å². The molecule has 7 N–H and O–H groups in total. The SMILES string of the molecule is Cc1cc(Cl)c(-n2nc(C(=S)N[S+](N)[O-])c([S+](N)[O-])c2N)c(Cl)c1. The first kappa shape index (κ1) is 19.6. The van der Waals surface area contributed by atoms with Gasteiger partial charge in [-0.2, -0.15) is 9.82 Å².